The first-order chi connectivity index (χ1) is 13.8. The lowest BCUT2D eigenvalue weighted by molar-refractivity contribution is -0.136. The topological polar surface area (TPSA) is 106 Å². The highest BCUT2D eigenvalue weighted by atomic mass is 32.2. The fourth-order valence-electron chi connectivity index (χ4n) is 3.37. The molecule has 1 aliphatic rings. The molecule has 1 amide bonds. The first kappa shape index (κ1) is 21.3. The molecule has 0 spiro atoms. The van der Waals surface area contributed by atoms with Gasteiger partial charge in [0.25, 0.3) is 0 Å². The van der Waals surface area contributed by atoms with E-state index in [4.69, 9.17) is 9.26 Å². The van der Waals surface area contributed by atoms with E-state index < -0.39 is 10.0 Å². The molecule has 1 fully saturated rings. The van der Waals surface area contributed by atoms with Crippen molar-refractivity contribution in [3.05, 3.63) is 30.2 Å². The Hall–Kier alpha value is -2.46. The van der Waals surface area contributed by atoms with Crippen molar-refractivity contribution in [1.29, 1.82) is 0 Å². The first-order valence-electron chi connectivity index (χ1n) is 9.54. The van der Waals surface area contributed by atoms with E-state index in [1.54, 1.807) is 27.1 Å². The van der Waals surface area contributed by atoms with E-state index in [9.17, 15) is 13.2 Å². The normalized spacial score (nSPS) is 17.8. The molecule has 10 heteroatoms. The van der Waals surface area contributed by atoms with Crippen molar-refractivity contribution in [2.45, 2.75) is 26.3 Å². The molecule has 0 aliphatic carbocycles. The monoisotopic (exact) mass is 422 g/mol. The third kappa shape index (κ3) is 4.94. The average Bonchev–Trinajstić information content (AvgIpc) is 3.21. The van der Waals surface area contributed by atoms with Crippen LogP contribution < -0.4 is 4.74 Å². The number of sulfonamides is 1. The second-order valence-corrected chi connectivity index (χ2v) is 9.29. The summed E-state index contributed by atoms with van der Waals surface area (Å²) in [6.07, 6.45) is 1.34. The second kappa shape index (κ2) is 8.91. The van der Waals surface area contributed by atoms with Crippen molar-refractivity contribution in [2.24, 2.45) is 5.92 Å². The number of ether oxygens (including phenoxy) is 1. The highest BCUT2D eigenvalue weighted by Gasteiger charge is 2.33. The minimum atomic E-state index is -3.29. The summed E-state index contributed by atoms with van der Waals surface area (Å²) in [5.74, 6) is 0.965. The zero-order valence-electron chi connectivity index (χ0n) is 16.9. The van der Waals surface area contributed by atoms with Crippen LogP contribution in [0.1, 0.15) is 25.7 Å². The van der Waals surface area contributed by atoms with Crippen LogP contribution in [-0.2, 0) is 21.4 Å². The van der Waals surface area contributed by atoms with Gasteiger partial charge < -0.3 is 14.2 Å². The van der Waals surface area contributed by atoms with Gasteiger partial charge in [-0.25, -0.2) is 12.7 Å². The minimum absolute atomic E-state index is 0.0405. The molecule has 1 aliphatic heterocycles. The van der Waals surface area contributed by atoms with Crippen molar-refractivity contribution < 1.29 is 22.5 Å². The molecule has 1 aromatic carbocycles. The Kier molecular flexibility index (Phi) is 6.53. The van der Waals surface area contributed by atoms with E-state index in [1.807, 2.05) is 18.2 Å². The smallest absolute Gasteiger partial charge is 0.246 e. The summed E-state index contributed by atoms with van der Waals surface area (Å²) in [7, 11) is -0.0533. The van der Waals surface area contributed by atoms with Gasteiger partial charge in [0.05, 0.1) is 25.3 Å². The average molecular weight is 423 g/mol. The molecule has 0 radical (unpaired) electrons. The molecule has 0 N–H and O–H groups in total. The molecule has 2 aromatic rings. The highest BCUT2D eigenvalue weighted by molar-refractivity contribution is 7.89. The van der Waals surface area contributed by atoms with Crippen molar-refractivity contribution in [3.8, 4) is 17.1 Å². The van der Waals surface area contributed by atoms with Crippen LogP contribution in [0.25, 0.3) is 11.4 Å². The lowest BCUT2D eigenvalue weighted by Gasteiger charge is -2.32. The summed E-state index contributed by atoms with van der Waals surface area (Å²) in [5, 5.41) is 3.98. The number of rotatable bonds is 7. The third-order valence-corrected chi connectivity index (χ3v) is 6.88. The predicted molar refractivity (Wildman–Crippen MR) is 107 cm³/mol. The van der Waals surface area contributed by atoms with Crippen molar-refractivity contribution in [1.82, 2.24) is 19.3 Å². The van der Waals surface area contributed by atoms with E-state index in [1.165, 1.54) is 9.21 Å². The number of carbonyl (C=O) groups is 1. The largest absolute Gasteiger partial charge is 0.497 e. The lowest BCUT2D eigenvalue weighted by Crippen LogP contribution is -2.46. The van der Waals surface area contributed by atoms with Crippen LogP contribution >= 0.6 is 0 Å². The Morgan fingerprint density at radius 2 is 2.21 bits per heavy atom. The van der Waals surface area contributed by atoms with Gasteiger partial charge in [0, 0.05) is 25.7 Å². The standard InChI is InChI=1S/C19H26N4O5S/c1-4-29(25,26)23-10-6-8-15(12-23)19(24)22(2)13-17-20-18(21-28-17)14-7-5-9-16(11-14)27-3/h5,7,9,11,15H,4,6,8,10,12-13H2,1-3H3/t15-/m1/s1. The highest BCUT2D eigenvalue weighted by Crippen LogP contribution is 2.23. The number of hydrogen-bond donors (Lipinski definition) is 0. The van der Waals surface area contributed by atoms with Crippen LogP contribution in [-0.4, -0.2) is 66.7 Å². The maximum Gasteiger partial charge on any atom is 0.246 e. The maximum atomic E-state index is 12.8. The molecule has 29 heavy (non-hydrogen) atoms. The van der Waals surface area contributed by atoms with Crippen LogP contribution in [0, 0.1) is 5.92 Å². The molecule has 3 rings (SSSR count). The maximum absolute atomic E-state index is 12.8. The second-order valence-electron chi connectivity index (χ2n) is 7.04. The molecular weight excluding hydrogens is 396 g/mol. The van der Waals surface area contributed by atoms with Crippen LogP contribution in [0.4, 0.5) is 0 Å². The van der Waals surface area contributed by atoms with Gasteiger partial charge in [-0.1, -0.05) is 17.3 Å². The van der Waals surface area contributed by atoms with E-state index in [0.29, 0.717) is 36.9 Å². The van der Waals surface area contributed by atoms with E-state index in [0.717, 1.165) is 5.56 Å². The van der Waals surface area contributed by atoms with Gasteiger partial charge in [0.2, 0.25) is 27.6 Å². The van der Waals surface area contributed by atoms with Gasteiger partial charge in [-0.2, -0.15) is 4.98 Å². The number of aromatic nitrogens is 2. The fourth-order valence-corrected chi connectivity index (χ4v) is 4.55. The number of methoxy groups -OCH3 is 1. The Morgan fingerprint density at radius 1 is 1.41 bits per heavy atom. The molecular formula is C19H26N4O5S. The quantitative estimate of drug-likeness (QED) is 0.669. The summed E-state index contributed by atoms with van der Waals surface area (Å²) in [4.78, 5) is 18.7. The number of benzene rings is 1. The number of carbonyl (C=O) groups excluding carboxylic acids is 1. The number of hydrogen-bond acceptors (Lipinski definition) is 7. The third-order valence-electron chi connectivity index (χ3n) is 5.04. The van der Waals surface area contributed by atoms with Gasteiger partial charge >= 0.3 is 0 Å². The molecule has 1 aromatic heterocycles. The Morgan fingerprint density at radius 3 is 2.93 bits per heavy atom. The Bertz CT molecular complexity index is 959. The zero-order chi connectivity index (χ0) is 21.0. The molecule has 0 bridgehead atoms. The molecule has 1 atom stereocenters. The molecule has 9 nitrogen and oxygen atoms in total. The van der Waals surface area contributed by atoms with Gasteiger partial charge in [-0.05, 0) is 31.9 Å². The molecule has 0 unspecified atom stereocenters. The van der Waals surface area contributed by atoms with E-state index in [-0.39, 0.29) is 30.7 Å². The minimum Gasteiger partial charge on any atom is -0.497 e. The SMILES string of the molecule is CCS(=O)(=O)N1CCC[C@@H](C(=O)N(C)Cc2nc(-c3cccc(OC)c3)no2)C1. The molecule has 1 saturated heterocycles. The van der Waals surface area contributed by atoms with Crippen molar-refractivity contribution in [2.75, 3.05) is 33.0 Å². The van der Waals surface area contributed by atoms with Crippen LogP contribution in [0.15, 0.2) is 28.8 Å². The number of nitrogens with zero attached hydrogens (tertiary/aromatic N) is 4. The summed E-state index contributed by atoms with van der Waals surface area (Å²) < 4.78 is 36.2. The predicted octanol–water partition coefficient (Wildman–Crippen LogP) is 1.77. The summed E-state index contributed by atoms with van der Waals surface area (Å²) in [5.41, 5.74) is 0.751. The zero-order valence-corrected chi connectivity index (χ0v) is 17.7. The van der Waals surface area contributed by atoms with Gasteiger partial charge in [-0.15, -0.1) is 0 Å². The number of piperidine rings is 1. The van der Waals surface area contributed by atoms with Crippen LogP contribution in [0.2, 0.25) is 0 Å². The Labute approximate surface area is 170 Å². The van der Waals surface area contributed by atoms with E-state index in [2.05, 4.69) is 10.1 Å². The molecule has 0 saturated carbocycles. The Balaban J connectivity index is 1.65. The van der Waals surface area contributed by atoms with Crippen LogP contribution in [0.3, 0.4) is 0 Å². The molecule has 158 valence electrons. The number of amides is 1. The van der Waals surface area contributed by atoms with Gasteiger partial charge in [0.1, 0.15) is 5.75 Å². The van der Waals surface area contributed by atoms with Gasteiger partial charge in [-0.3, -0.25) is 4.79 Å². The summed E-state index contributed by atoms with van der Waals surface area (Å²) in [6.45, 7) is 2.46. The van der Waals surface area contributed by atoms with Crippen LogP contribution in [0.5, 0.6) is 5.75 Å². The molecule has 2 heterocycles. The summed E-state index contributed by atoms with van der Waals surface area (Å²) >= 11 is 0. The van der Waals surface area contributed by atoms with Crippen molar-refractivity contribution >= 4 is 15.9 Å². The first-order valence-corrected chi connectivity index (χ1v) is 11.1. The van der Waals surface area contributed by atoms with E-state index >= 15 is 0 Å². The van der Waals surface area contributed by atoms with Crippen molar-refractivity contribution in [3.63, 3.8) is 0 Å². The summed E-state index contributed by atoms with van der Waals surface area (Å²) in [6, 6.07) is 7.30. The lowest BCUT2D eigenvalue weighted by atomic mass is 9.98. The van der Waals surface area contributed by atoms with Gasteiger partial charge in [0.15, 0.2) is 0 Å². The fraction of sp³-hybridized carbons (Fsp3) is 0.526.